The molecule has 0 spiro atoms. The van der Waals surface area contributed by atoms with Gasteiger partial charge >= 0.3 is 5.97 Å². The number of ether oxygens (including phenoxy) is 2. The van der Waals surface area contributed by atoms with Crippen LogP contribution in [0.2, 0.25) is 0 Å². The van der Waals surface area contributed by atoms with E-state index in [1.54, 1.807) is 13.0 Å². The number of carbonyl (C=O) groups excluding carboxylic acids is 2. The van der Waals surface area contributed by atoms with Gasteiger partial charge < -0.3 is 14.9 Å². The van der Waals surface area contributed by atoms with Crippen molar-refractivity contribution in [3.63, 3.8) is 0 Å². The molecule has 134 valence electrons. The van der Waals surface area contributed by atoms with Gasteiger partial charge in [0, 0.05) is 6.20 Å². The molecule has 0 unspecified atom stereocenters. The Kier molecular flexibility index (Phi) is 8.00. The van der Waals surface area contributed by atoms with E-state index in [1.807, 2.05) is 39.0 Å². The van der Waals surface area contributed by atoms with E-state index in [0.29, 0.717) is 5.75 Å². The highest BCUT2D eigenvalue weighted by Gasteiger charge is 2.11. The van der Waals surface area contributed by atoms with Crippen LogP contribution in [0.25, 0.3) is 0 Å². The van der Waals surface area contributed by atoms with Gasteiger partial charge in [0.05, 0.1) is 6.61 Å². The molecule has 0 bridgehead atoms. The highest BCUT2D eigenvalue weighted by molar-refractivity contribution is 5.92. The number of nitrogens with one attached hydrogen (secondary N) is 2. The Morgan fingerprint density at radius 1 is 1.36 bits per heavy atom. The van der Waals surface area contributed by atoms with Gasteiger partial charge in [0.25, 0.3) is 5.91 Å². The van der Waals surface area contributed by atoms with Crippen molar-refractivity contribution in [1.29, 1.82) is 5.26 Å². The van der Waals surface area contributed by atoms with E-state index in [4.69, 9.17) is 14.7 Å². The van der Waals surface area contributed by atoms with Gasteiger partial charge in [-0.2, -0.15) is 5.26 Å². The Labute approximate surface area is 147 Å². The van der Waals surface area contributed by atoms with Crippen molar-refractivity contribution < 1.29 is 19.1 Å². The highest BCUT2D eigenvalue weighted by atomic mass is 16.5. The fourth-order valence-corrected chi connectivity index (χ4v) is 1.96. The minimum atomic E-state index is -0.760. The molecule has 0 aliphatic rings. The molecule has 0 atom stereocenters. The van der Waals surface area contributed by atoms with Gasteiger partial charge in [-0.25, -0.2) is 4.79 Å². The van der Waals surface area contributed by atoms with Crippen molar-refractivity contribution in [3.05, 3.63) is 41.1 Å². The molecule has 1 amide bonds. The maximum atomic E-state index is 11.8. The second kappa shape index (κ2) is 9.98. The van der Waals surface area contributed by atoms with Crippen LogP contribution < -0.4 is 15.6 Å². The van der Waals surface area contributed by atoms with E-state index >= 15 is 0 Å². The topological polar surface area (TPSA) is 100 Å². The number of hydrazine groups is 1. The Morgan fingerprint density at radius 2 is 2.08 bits per heavy atom. The van der Waals surface area contributed by atoms with Crippen LogP contribution in [0.4, 0.5) is 0 Å². The molecule has 25 heavy (non-hydrogen) atoms. The monoisotopic (exact) mass is 345 g/mol. The summed E-state index contributed by atoms with van der Waals surface area (Å²) in [5.74, 6) is -0.287. The van der Waals surface area contributed by atoms with Crippen molar-refractivity contribution in [1.82, 2.24) is 10.9 Å². The number of rotatable bonds is 8. The van der Waals surface area contributed by atoms with E-state index in [9.17, 15) is 9.59 Å². The number of hydrogen-bond donors (Lipinski definition) is 2. The summed E-state index contributed by atoms with van der Waals surface area (Å²) < 4.78 is 10.3. The molecule has 7 heteroatoms. The van der Waals surface area contributed by atoms with Crippen LogP contribution in [-0.4, -0.2) is 25.1 Å². The van der Waals surface area contributed by atoms with Crippen LogP contribution in [0.5, 0.6) is 5.75 Å². The molecule has 0 saturated carbocycles. The summed E-state index contributed by atoms with van der Waals surface area (Å²) in [6.07, 6.45) is 1.07. The third-order valence-electron chi connectivity index (χ3n) is 3.19. The van der Waals surface area contributed by atoms with Crippen molar-refractivity contribution in [2.45, 2.75) is 33.6 Å². The number of aryl methyl sites for hydroxylation is 1. The molecule has 0 aromatic heterocycles. The van der Waals surface area contributed by atoms with Crippen LogP contribution in [0, 0.1) is 18.3 Å². The summed E-state index contributed by atoms with van der Waals surface area (Å²) in [4.78, 5) is 23.2. The zero-order valence-corrected chi connectivity index (χ0v) is 14.9. The second-order valence-electron chi connectivity index (χ2n) is 5.57. The fourth-order valence-electron chi connectivity index (χ4n) is 1.96. The number of benzene rings is 1. The summed E-state index contributed by atoms with van der Waals surface area (Å²) >= 11 is 0. The molecule has 0 fully saturated rings. The van der Waals surface area contributed by atoms with Gasteiger partial charge in [0.15, 0.2) is 12.2 Å². The lowest BCUT2D eigenvalue weighted by molar-refractivity contribution is -0.138. The zero-order chi connectivity index (χ0) is 18.8. The first-order chi connectivity index (χ1) is 11.9. The highest BCUT2D eigenvalue weighted by Crippen LogP contribution is 2.27. The summed E-state index contributed by atoms with van der Waals surface area (Å²) in [7, 11) is 0. The van der Waals surface area contributed by atoms with Gasteiger partial charge in [-0.15, -0.1) is 0 Å². The Balaban J connectivity index is 2.58. The third-order valence-corrected chi connectivity index (χ3v) is 3.19. The Morgan fingerprint density at radius 3 is 2.68 bits per heavy atom. The number of hydrogen-bond acceptors (Lipinski definition) is 6. The SMILES string of the molecule is CCOC(=O)/C(C#N)=C/NNC(=O)COc1cc(C)ccc1C(C)C. The lowest BCUT2D eigenvalue weighted by Crippen LogP contribution is -2.37. The molecule has 0 aliphatic carbocycles. The largest absolute Gasteiger partial charge is 0.483 e. The predicted octanol–water partition coefficient (Wildman–Crippen LogP) is 2.09. The van der Waals surface area contributed by atoms with E-state index in [2.05, 4.69) is 10.9 Å². The molecular weight excluding hydrogens is 322 g/mol. The van der Waals surface area contributed by atoms with Crippen molar-refractivity contribution in [2.24, 2.45) is 0 Å². The quantitative estimate of drug-likeness (QED) is 0.324. The number of nitrogens with zero attached hydrogens (tertiary/aromatic N) is 1. The first-order valence-electron chi connectivity index (χ1n) is 7.94. The Bertz CT molecular complexity index is 690. The van der Waals surface area contributed by atoms with E-state index in [0.717, 1.165) is 17.3 Å². The average molecular weight is 345 g/mol. The van der Waals surface area contributed by atoms with E-state index < -0.39 is 11.9 Å². The van der Waals surface area contributed by atoms with Crippen molar-refractivity contribution in [3.8, 4) is 11.8 Å². The lowest BCUT2D eigenvalue weighted by Gasteiger charge is -2.14. The minimum Gasteiger partial charge on any atom is -0.483 e. The maximum Gasteiger partial charge on any atom is 0.350 e. The molecular formula is C18H23N3O4. The summed E-state index contributed by atoms with van der Waals surface area (Å²) in [5, 5.41) is 8.85. The van der Waals surface area contributed by atoms with Crippen molar-refractivity contribution >= 4 is 11.9 Å². The summed E-state index contributed by atoms with van der Waals surface area (Å²) in [6, 6.07) is 7.54. The van der Waals surface area contributed by atoms with Gasteiger partial charge in [-0.05, 0) is 37.0 Å². The minimum absolute atomic E-state index is 0.159. The Hall–Kier alpha value is -3.01. The van der Waals surface area contributed by atoms with Crippen LogP contribution in [0.1, 0.15) is 37.8 Å². The average Bonchev–Trinajstić information content (AvgIpc) is 2.56. The lowest BCUT2D eigenvalue weighted by atomic mass is 10.0. The molecule has 1 aromatic carbocycles. The number of esters is 1. The van der Waals surface area contributed by atoms with Crippen LogP contribution in [-0.2, 0) is 14.3 Å². The zero-order valence-electron chi connectivity index (χ0n) is 14.9. The van der Waals surface area contributed by atoms with Crippen LogP contribution >= 0.6 is 0 Å². The molecule has 1 aromatic rings. The molecule has 1 rings (SSSR count). The molecule has 2 N–H and O–H groups in total. The molecule has 0 heterocycles. The maximum absolute atomic E-state index is 11.8. The normalized spacial score (nSPS) is 10.8. The smallest absolute Gasteiger partial charge is 0.350 e. The van der Waals surface area contributed by atoms with Crippen molar-refractivity contribution in [2.75, 3.05) is 13.2 Å². The molecule has 7 nitrogen and oxygen atoms in total. The molecule has 0 radical (unpaired) electrons. The van der Waals surface area contributed by atoms with Gasteiger partial charge in [0.2, 0.25) is 0 Å². The molecule has 0 saturated heterocycles. The van der Waals surface area contributed by atoms with Gasteiger partial charge in [0.1, 0.15) is 11.8 Å². The third kappa shape index (κ3) is 6.55. The van der Waals surface area contributed by atoms with Crippen LogP contribution in [0.3, 0.4) is 0 Å². The van der Waals surface area contributed by atoms with Gasteiger partial charge in [-0.1, -0.05) is 26.0 Å². The first kappa shape index (κ1) is 20.0. The summed E-state index contributed by atoms with van der Waals surface area (Å²) in [6.45, 7) is 7.63. The predicted molar refractivity (Wildman–Crippen MR) is 92.4 cm³/mol. The van der Waals surface area contributed by atoms with E-state index in [1.165, 1.54) is 0 Å². The van der Waals surface area contributed by atoms with Gasteiger partial charge in [-0.3, -0.25) is 10.2 Å². The second-order valence-corrected chi connectivity index (χ2v) is 5.57. The molecule has 0 aliphatic heterocycles. The number of nitriles is 1. The van der Waals surface area contributed by atoms with Crippen LogP contribution in [0.15, 0.2) is 30.0 Å². The number of carbonyl (C=O) groups is 2. The summed E-state index contributed by atoms with van der Waals surface area (Å²) in [5.41, 5.74) is 6.53. The number of amides is 1. The standard InChI is InChI=1S/C18H23N3O4/c1-5-24-18(23)14(9-19)10-20-21-17(22)11-25-16-8-13(4)6-7-15(16)12(2)3/h6-8,10,12,20H,5,11H2,1-4H3,(H,21,22)/b14-10+. The fraction of sp³-hybridized carbons (Fsp3) is 0.389. The first-order valence-corrected chi connectivity index (χ1v) is 7.94. The van der Waals surface area contributed by atoms with E-state index in [-0.39, 0.29) is 24.7 Å².